The summed E-state index contributed by atoms with van der Waals surface area (Å²) < 4.78 is 46.5. The van der Waals surface area contributed by atoms with Crippen LogP contribution in [-0.2, 0) is 33.2 Å². The van der Waals surface area contributed by atoms with Gasteiger partial charge in [-0.1, -0.05) is 148 Å². The second kappa shape index (κ2) is 32.5. The van der Waals surface area contributed by atoms with Crippen molar-refractivity contribution in [2.24, 2.45) is 0 Å². The molecular formula is C40H72O11. The fourth-order valence-electron chi connectivity index (χ4n) is 6.14. The second-order valence-corrected chi connectivity index (χ2v) is 13.4. The summed E-state index contributed by atoms with van der Waals surface area (Å²) in [7, 11) is 0. The third-order valence-electron chi connectivity index (χ3n) is 9.01. The van der Waals surface area contributed by atoms with Gasteiger partial charge in [0.2, 0.25) is 0 Å². The highest BCUT2D eigenvalue weighted by molar-refractivity contribution is 5.60. The predicted octanol–water partition coefficient (Wildman–Crippen LogP) is 9.11. The first-order valence-electron chi connectivity index (χ1n) is 20.5. The maximum atomic E-state index is 12.5. The lowest BCUT2D eigenvalue weighted by molar-refractivity contribution is -0.305. The first kappa shape index (κ1) is 45.0. The zero-order chi connectivity index (χ0) is 38.1. The van der Waals surface area contributed by atoms with Crippen molar-refractivity contribution in [3.63, 3.8) is 0 Å². The molecular weight excluding hydrogens is 656 g/mol. The number of rotatable bonds is 33. The normalized spacial score (nSPS) is 21.0. The Hall–Kier alpha value is -2.18. The number of unbranched alkanes of at least 4 members (excludes halogenated alkanes) is 17. The molecule has 0 bridgehead atoms. The zero-order valence-corrected chi connectivity index (χ0v) is 31.7. The monoisotopic (exact) mass is 730 g/mol. The third kappa shape index (κ3) is 23.2. The van der Waals surface area contributed by atoms with Crippen molar-refractivity contribution in [3.05, 3.63) is 25.3 Å². The van der Waals surface area contributed by atoms with E-state index >= 15 is 0 Å². The summed E-state index contributed by atoms with van der Waals surface area (Å²) in [5.74, 6) is 0. The van der Waals surface area contributed by atoms with Crippen LogP contribution in [0.3, 0.4) is 0 Å². The molecule has 1 aliphatic rings. The Labute approximate surface area is 310 Å². The van der Waals surface area contributed by atoms with Crippen LogP contribution in [0, 0.1) is 0 Å². The Kier molecular flexibility index (Phi) is 28.6. The molecule has 1 aliphatic heterocycles. The smallest absolute Gasteiger partial charge is 0.431 e. The number of carbonyl (C=O) groups is 2. The van der Waals surface area contributed by atoms with E-state index in [0.717, 1.165) is 57.8 Å². The summed E-state index contributed by atoms with van der Waals surface area (Å²) in [6.45, 7) is 9.70. The number of carbonyl (C=O) groups excluding carboxylic acids is 2. The molecule has 298 valence electrons. The van der Waals surface area contributed by atoms with E-state index in [1.807, 2.05) is 0 Å². The number of ether oxygens (including phenoxy) is 7. The van der Waals surface area contributed by atoms with E-state index in [1.165, 1.54) is 76.4 Å². The van der Waals surface area contributed by atoms with Gasteiger partial charge in [0.25, 0.3) is 0 Å². The van der Waals surface area contributed by atoms with E-state index in [1.54, 1.807) is 0 Å². The molecule has 1 fully saturated rings. The summed E-state index contributed by atoms with van der Waals surface area (Å²) in [6, 6.07) is 0. The molecule has 1 unspecified atom stereocenters. The zero-order valence-electron chi connectivity index (χ0n) is 32.7. The maximum absolute atomic E-state index is 12.5. The molecule has 51 heavy (non-hydrogen) atoms. The molecule has 0 aromatic carbocycles. The average Bonchev–Trinajstić information content (AvgIpc) is 3.14. The summed E-state index contributed by atoms with van der Waals surface area (Å²) >= 11 is 0. The van der Waals surface area contributed by atoms with Crippen molar-refractivity contribution in [2.75, 3.05) is 33.0 Å². The van der Waals surface area contributed by atoms with Crippen molar-refractivity contribution >= 4 is 12.3 Å². The standard InChI is InChI=1S/C40H72O11/c1-5-9-11-13-15-17-19-21-23-25-30-45-36-35(51-40(44)48-29-8-4)34(32-41)50-38(42)37(36)46-31-27-33(49-39(43)47-28-7-3)26-24-22-20-18-16-14-12-10-6-2/h7-8,33-38,41-42H,3-6,9-32H2,1-2H3/t33-,34-,35-,36+,37-,38?/m1/s1/i1D. The highest BCUT2D eigenvalue weighted by Crippen LogP contribution is 2.28. The Morgan fingerprint density at radius 1 is 0.706 bits per heavy atom. The van der Waals surface area contributed by atoms with Crippen LogP contribution >= 0.6 is 0 Å². The van der Waals surface area contributed by atoms with Crippen molar-refractivity contribution in [1.29, 1.82) is 0 Å². The summed E-state index contributed by atoms with van der Waals surface area (Å²) in [5.41, 5.74) is 0. The Bertz CT molecular complexity index is 892. The van der Waals surface area contributed by atoms with Gasteiger partial charge in [0.1, 0.15) is 37.6 Å². The van der Waals surface area contributed by atoms with Crippen LogP contribution in [0.5, 0.6) is 0 Å². The minimum absolute atomic E-state index is 0.0429. The Balaban J connectivity index is 2.80. The van der Waals surface area contributed by atoms with Gasteiger partial charge < -0.3 is 43.4 Å². The van der Waals surface area contributed by atoms with Gasteiger partial charge in [-0.2, -0.15) is 0 Å². The fraction of sp³-hybridized carbons (Fsp3) is 0.850. The summed E-state index contributed by atoms with van der Waals surface area (Å²) in [5, 5.41) is 21.0. The molecule has 0 saturated carbocycles. The maximum Gasteiger partial charge on any atom is 0.509 e. The van der Waals surface area contributed by atoms with Gasteiger partial charge in [-0.05, 0) is 19.3 Å². The first-order valence-corrected chi connectivity index (χ1v) is 19.8. The molecule has 0 aromatic heterocycles. The lowest BCUT2D eigenvalue weighted by atomic mass is 9.98. The summed E-state index contributed by atoms with van der Waals surface area (Å²) in [4.78, 5) is 24.8. The molecule has 2 N–H and O–H groups in total. The van der Waals surface area contributed by atoms with E-state index in [0.29, 0.717) is 26.3 Å². The lowest BCUT2D eigenvalue weighted by Gasteiger charge is -2.43. The molecule has 0 radical (unpaired) electrons. The van der Waals surface area contributed by atoms with E-state index in [9.17, 15) is 19.8 Å². The second-order valence-electron chi connectivity index (χ2n) is 13.4. The van der Waals surface area contributed by atoms with Gasteiger partial charge in [0, 0.05) is 14.4 Å². The largest absolute Gasteiger partial charge is 0.509 e. The minimum atomic E-state index is -1.47. The Morgan fingerprint density at radius 3 is 1.80 bits per heavy atom. The van der Waals surface area contributed by atoms with E-state index in [2.05, 4.69) is 20.1 Å². The SMILES string of the molecule is [2H]CCCCCCCCCCCCO[C@H]1[C@H](OC(=O)OCC=C)[C@@H](CO)OC(O)[C@@H]1OCC[C@@H](CCCCCCCCCCC)OC(=O)OCC=C. The van der Waals surface area contributed by atoms with Crippen LogP contribution in [0.4, 0.5) is 9.59 Å². The minimum Gasteiger partial charge on any atom is -0.431 e. The van der Waals surface area contributed by atoms with Crippen molar-refractivity contribution < 1.29 is 54.3 Å². The highest BCUT2D eigenvalue weighted by Gasteiger charge is 2.49. The number of aliphatic hydroxyl groups is 2. The average molecular weight is 730 g/mol. The highest BCUT2D eigenvalue weighted by atomic mass is 16.8. The van der Waals surface area contributed by atoms with Crippen molar-refractivity contribution in [2.45, 2.75) is 185 Å². The number of hydrogen-bond donors (Lipinski definition) is 2. The van der Waals surface area contributed by atoms with Gasteiger partial charge >= 0.3 is 12.3 Å². The molecule has 0 spiro atoms. The fourth-order valence-corrected chi connectivity index (χ4v) is 6.14. The molecule has 1 heterocycles. The van der Waals surface area contributed by atoms with Crippen molar-refractivity contribution in [1.82, 2.24) is 0 Å². The lowest BCUT2D eigenvalue weighted by Crippen LogP contribution is -2.61. The van der Waals surface area contributed by atoms with Crippen LogP contribution in [0.15, 0.2) is 25.3 Å². The first-order chi connectivity index (χ1) is 25.4. The molecule has 1 saturated heterocycles. The molecule has 0 amide bonds. The molecule has 11 heteroatoms. The molecule has 0 aromatic rings. The van der Waals surface area contributed by atoms with Crippen LogP contribution in [0.2, 0.25) is 0 Å². The van der Waals surface area contributed by atoms with Crippen LogP contribution < -0.4 is 0 Å². The van der Waals surface area contributed by atoms with Gasteiger partial charge in [-0.25, -0.2) is 9.59 Å². The molecule has 11 nitrogen and oxygen atoms in total. The van der Waals surface area contributed by atoms with E-state index < -0.39 is 55.7 Å². The topological polar surface area (TPSA) is 139 Å². The Morgan fingerprint density at radius 2 is 1.24 bits per heavy atom. The molecule has 6 atom stereocenters. The molecule has 0 aliphatic carbocycles. The van der Waals surface area contributed by atoms with E-state index in [4.69, 9.17) is 34.5 Å². The van der Waals surface area contributed by atoms with Gasteiger partial charge in [-0.3, -0.25) is 0 Å². The number of hydrogen-bond acceptors (Lipinski definition) is 11. The predicted molar refractivity (Wildman–Crippen MR) is 199 cm³/mol. The van der Waals surface area contributed by atoms with E-state index in [-0.39, 0.29) is 19.8 Å². The van der Waals surface area contributed by atoms with Gasteiger partial charge in [0.05, 0.1) is 13.2 Å². The van der Waals surface area contributed by atoms with Gasteiger partial charge in [-0.15, -0.1) is 0 Å². The quantitative estimate of drug-likeness (QED) is 0.0380. The van der Waals surface area contributed by atoms with Crippen molar-refractivity contribution in [3.8, 4) is 0 Å². The molecule has 1 rings (SSSR count). The van der Waals surface area contributed by atoms with Gasteiger partial charge in [0.15, 0.2) is 12.4 Å². The third-order valence-corrected chi connectivity index (χ3v) is 9.01. The van der Waals surface area contributed by atoms with Crippen LogP contribution in [-0.4, -0.2) is 92.4 Å². The van der Waals surface area contributed by atoms with Crippen LogP contribution in [0.1, 0.15) is 150 Å². The van der Waals surface area contributed by atoms with Crippen LogP contribution in [0.25, 0.3) is 0 Å². The summed E-state index contributed by atoms with van der Waals surface area (Å²) in [6.07, 6.45) is 17.3. The number of aliphatic hydroxyl groups excluding tert-OH is 2.